The van der Waals surface area contributed by atoms with Gasteiger partial charge in [0, 0.05) is 0 Å². The quantitative estimate of drug-likeness (QED) is 0.343. The molecule has 0 radical (unpaired) electrons. The van der Waals surface area contributed by atoms with Gasteiger partial charge in [0.1, 0.15) is 0 Å². The summed E-state index contributed by atoms with van der Waals surface area (Å²) < 4.78 is 0. The van der Waals surface area contributed by atoms with Gasteiger partial charge in [0.25, 0.3) is 0 Å². The molecule has 0 aromatic carbocycles. The number of hydrogen-bond acceptors (Lipinski definition) is 2. The standard InChI is InChI=1S/C8H17N5/c1-8(4-2-3-5-8)13-7(11)12-6(9)10/h2-5H2,1H3,(H6,9,10,11,12,13). The van der Waals surface area contributed by atoms with Crippen molar-refractivity contribution in [2.45, 2.75) is 38.1 Å². The van der Waals surface area contributed by atoms with E-state index in [1.165, 1.54) is 12.8 Å². The fourth-order valence-corrected chi connectivity index (χ4v) is 1.71. The molecule has 5 nitrogen and oxygen atoms in total. The van der Waals surface area contributed by atoms with E-state index in [9.17, 15) is 0 Å². The van der Waals surface area contributed by atoms with Crippen molar-refractivity contribution in [2.75, 3.05) is 0 Å². The molecule has 0 heterocycles. The molecule has 6 N–H and O–H groups in total. The van der Waals surface area contributed by atoms with Crippen LogP contribution in [-0.4, -0.2) is 17.5 Å². The van der Waals surface area contributed by atoms with Crippen LogP contribution in [-0.2, 0) is 0 Å². The van der Waals surface area contributed by atoms with Crippen LogP contribution in [0.4, 0.5) is 0 Å². The number of rotatable bonds is 1. The smallest absolute Gasteiger partial charge is 0.195 e. The normalized spacial score (nSPS) is 21.5. The van der Waals surface area contributed by atoms with Gasteiger partial charge < -0.3 is 11.5 Å². The lowest BCUT2D eigenvalue weighted by molar-refractivity contribution is 0.489. The van der Waals surface area contributed by atoms with Crippen molar-refractivity contribution in [2.24, 2.45) is 16.5 Å². The Morgan fingerprint density at radius 1 is 1.38 bits per heavy atom. The first-order chi connectivity index (χ1) is 6.02. The van der Waals surface area contributed by atoms with E-state index in [0.29, 0.717) is 0 Å². The first kappa shape index (κ1) is 9.83. The highest BCUT2D eigenvalue weighted by Gasteiger charge is 2.28. The van der Waals surface area contributed by atoms with Gasteiger partial charge in [-0.05, 0) is 19.8 Å². The van der Waals surface area contributed by atoms with Crippen LogP contribution in [0.5, 0.6) is 0 Å². The fraction of sp³-hybridized carbons (Fsp3) is 0.750. The molecular formula is C8H17N5. The average molecular weight is 183 g/mol. The molecule has 0 bridgehead atoms. The predicted molar refractivity (Wildman–Crippen MR) is 53.5 cm³/mol. The maximum Gasteiger partial charge on any atom is 0.195 e. The van der Waals surface area contributed by atoms with Crippen LogP contribution < -0.4 is 16.8 Å². The Labute approximate surface area is 78.1 Å². The van der Waals surface area contributed by atoms with Crippen LogP contribution >= 0.6 is 0 Å². The van der Waals surface area contributed by atoms with Crippen molar-refractivity contribution in [3.05, 3.63) is 0 Å². The van der Waals surface area contributed by atoms with Crippen LogP contribution in [0.1, 0.15) is 32.6 Å². The molecule has 0 aliphatic heterocycles. The summed E-state index contributed by atoms with van der Waals surface area (Å²) in [5.41, 5.74) is 10.6. The molecule has 5 heteroatoms. The van der Waals surface area contributed by atoms with Gasteiger partial charge in [-0.2, -0.15) is 0 Å². The molecule has 1 aliphatic carbocycles. The zero-order valence-corrected chi connectivity index (χ0v) is 7.93. The largest absolute Gasteiger partial charge is 0.370 e. The topological polar surface area (TPSA) is 100 Å². The summed E-state index contributed by atoms with van der Waals surface area (Å²) in [5, 5.41) is 9.45. The van der Waals surface area contributed by atoms with Gasteiger partial charge in [0.05, 0.1) is 5.54 Å². The minimum absolute atomic E-state index is 0.0491. The Morgan fingerprint density at radius 2 is 1.92 bits per heavy atom. The number of hydrogen-bond donors (Lipinski definition) is 4. The Balaban J connectivity index is 2.57. The molecule has 0 aromatic rings. The molecular weight excluding hydrogens is 166 g/mol. The van der Waals surface area contributed by atoms with Crippen LogP contribution in [0.2, 0.25) is 0 Å². The molecule has 0 aromatic heterocycles. The van der Waals surface area contributed by atoms with Crippen molar-refractivity contribution in [3.63, 3.8) is 0 Å². The highest BCUT2D eigenvalue weighted by atomic mass is 15.2. The second-order valence-electron chi connectivity index (χ2n) is 3.74. The van der Waals surface area contributed by atoms with Gasteiger partial charge in [-0.3, -0.25) is 10.7 Å². The number of aliphatic imine (C=N–C) groups is 1. The SMILES string of the molecule is CC1(N=C(N)NC(=N)N)CCCC1. The number of nitrogens with zero attached hydrogens (tertiary/aromatic N) is 1. The van der Waals surface area contributed by atoms with E-state index in [1.54, 1.807) is 0 Å². The summed E-state index contributed by atoms with van der Waals surface area (Å²) in [6.45, 7) is 2.08. The van der Waals surface area contributed by atoms with Crippen molar-refractivity contribution in [1.29, 1.82) is 5.41 Å². The molecule has 0 saturated heterocycles. The molecule has 1 saturated carbocycles. The van der Waals surface area contributed by atoms with Crippen LogP contribution in [0.15, 0.2) is 4.99 Å². The first-order valence-electron chi connectivity index (χ1n) is 4.48. The highest BCUT2D eigenvalue weighted by molar-refractivity contribution is 5.95. The Morgan fingerprint density at radius 3 is 2.38 bits per heavy atom. The van der Waals surface area contributed by atoms with Crippen molar-refractivity contribution in [1.82, 2.24) is 5.32 Å². The molecule has 1 rings (SSSR count). The van der Waals surface area contributed by atoms with Gasteiger partial charge in [-0.1, -0.05) is 12.8 Å². The lowest BCUT2D eigenvalue weighted by atomic mass is 10.0. The molecule has 0 spiro atoms. The van der Waals surface area contributed by atoms with E-state index in [2.05, 4.69) is 17.2 Å². The zero-order chi connectivity index (χ0) is 9.90. The van der Waals surface area contributed by atoms with E-state index in [1.807, 2.05) is 0 Å². The summed E-state index contributed by atoms with van der Waals surface area (Å²) in [5.74, 6) is 0.0831. The number of nitrogens with one attached hydrogen (secondary N) is 2. The molecule has 0 atom stereocenters. The third kappa shape index (κ3) is 2.93. The number of nitrogens with two attached hydrogens (primary N) is 2. The van der Waals surface area contributed by atoms with Gasteiger partial charge >= 0.3 is 0 Å². The second kappa shape index (κ2) is 3.64. The maximum absolute atomic E-state index is 6.97. The van der Waals surface area contributed by atoms with Gasteiger partial charge in [-0.15, -0.1) is 0 Å². The average Bonchev–Trinajstić information content (AvgIpc) is 2.33. The highest BCUT2D eigenvalue weighted by Crippen LogP contribution is 2.32. The molecule has 1 fully saturated rings. The van der Waals surface area contributed by atoms with Crippen molar-refractivity contribution >= 4 is 11.9 Å². The second-order valence-corrected chi connectivity index (χ2v) is 3.74. The summed E-state index contributed by atoms with van der Waals surface area (Å²) in [6, 6.07) is 0. The van der Waals surface area contributed by atoms with Crippen molar-refractivity contribution < 1.29 is 0 Å². The Kier molecular flexibility index (Phi) is 2.75. The van der Waals surface area contributed by atoms with E-state index < -0.39 is 0 Å². The molecule has 13 heavy (non-hydrogen) atoms. The van der Waals surface area contributed by atoms with Gasteiger partial charge in [0.2, 0.25) is 0 Å². The summed E-state index contributed by atoms with van der Waals surface area (Å²) in [6.07, 6.45) is 4.53. The number of guanidine groups is 2. The van der Waals surface area contributed by atoms with Gasteiger partial charge in [0.15, 0.2) is 11.9 Å². The third-order valence-corrected chi connectivity index (χ3v) is 2.33. The van der Waals surface area contributed by atoms with E-state index in [4.69, 9.17) is 16.9 Å². The first-order valence-corrected chi connectivity index (χ1v) is 4.48. The minimum Gasteiger partial charge on any atom is -0.370 e. The minimum atomic E-state index is -0.164. The Bertz CT molecular complexity index is 227. The van der Waals surface area contributed by atoms with E-state index >= 15 is 0 Å². The van der Waals surface area contributed by atoms with Crippen molar-refractivity contribution in [3.8, 4) is 0 Å². The van der Waals surface area contributed by atoms with Crippen LogP contribution in [0.25, 0.3) is 0 Å². The third-order valence-electron chi connectivity index (χ3n) is 2.33. The molecule has 0 unspecified atom stereocenters. The summed E-state index contributed by atoms with van der Waals surface area (Å²) in [7, 11) is 0. The summed E-state index contributed by atoms with van der Waals surface area (Å²) >= 11 is 0. The predicted octanol–water partition coefficient (Wildman–Crippen LogP) is 0.117. The lowest BCUT2D eigenvalue weighted by Crippen LogP contribution is -2.42. The van der Waals surface area contributed by atoms with E-state index in [0.717, 1.165) is 12.8 Å². The molecule has 74 valence electrons. The monoisotopic (exact) mass is 183 g/mol. The molecule has 0 amide bonds. The molecule has 1 aliphatic rings. The van der Waals surface area contributed by atoms with Gasteiger partial charge in [-0.25, -0.2) is 4.99 Å². The maximum atomic E-state index is 6.97. The van der Waals surface area contributed by atoms with E-state index in [-0.39, 0.29) is 17.5 Å². The van der Waals surface area contributed by atoms with Crippen LogP contribution in [0, 0.1) is 5.41 Å². The summed E-state index contributed by atoms with van der Waals surface area (Å²) in [4.78, 5) is 4.31. The Hall–Kier alpha value is -1.26. The lowest BCUT2D eigenvalue weighted by Gasteiger charge is -2.18. The zero-order valence-electron chi connectivity index (χ0n) is 7.93. The fourth-order valence-electron chi connectivity index (χ4n) is 1.71. The van der Waals surface area contributed by atoms with Crippen LogP contribution in [0.3, 0.4) is 0 Å².